The van der Waals surface area contributed by atoms with Crippen LogP contribution in [0, 0.1) is 0 Å². The number of fused-ring (bicyclic) bond motifs is 1. The van der Waals surface area contributed by atoms with E-state index in [4.69, 9.17) is 4.74 Å². The molecule has 190 valence electrons. The molecule has 9 nitrogen and oxygen atoms in total. The summed E-state index contributed by atoms with van der Waals surface area (Å²) in [6, 6.07) is 7.16. The van der Waals surface area contributed by atoms with Crippen LogP contribution in [0.2, 0.25) is 0 Å². The van der Waals surface area contributed by atoms with Crippen molar-refractivity contribution in [1.29, 1.82) is 0 Å². The number of hydrogen-bond donors (Lipinski definition) is 0. The molecular weight excluding hydrogens is 493 g/mol. The first kappa shape index (κ1) is 26.3. The van der Waals surface area contributed by atoms with Crippen LogP contribution in [0.5, 0.6) is 5.75 Å². The topological polar surface area (TPSA) is 112 Å². The Morgan fingerprint density at radius 3 is 2.57 bits per heavy atom. The van der Waals surface area contributed by atoms with Crippen molar-refractivity contribution in [3.8, 4) is 17.0 Å². The highest BCUT2D eigenvalue weighted by molar-refractivity contribution is 7.88. The minimum Gasteiger partial charge on any atom is -0.464 e. The SMILES string of the molecule is CCCCOC(=O)N1CCCc2ccc(-c3ccc(OS(=O)(=O)C(F)(F)F)c(C(=O)OC)n3)cc21. The van der Waals surface area contributed by atoms with Gasteiger partial charge in [0.1, 0.15) is 0 Å². The van der Waals surface area contributed by atoms with Gasteiger partial charge in [0.05, 0.1) is 25.1 Å². The second kappa shape index (κ2) is 10.5. The molecule has 0 fully saturated rings. The van der Waals surface area contributed by atoms with Crippen molar-refractivity contribution in [3.63, 3.8) is 0 Å². The molecule has 0 saturated carbocycles. The van der Waals surface area contributed by atoms with Crippen LogP contribution in [-0.4, -0.2) is 51.2 Å². The van der Waals surface area contributed by atoms with E-state index in [0.717, 1.165) is 44.4 Å². The lowest BCUT2D eigenvalue weighted by molar-refractivity contribution is -0.0500. The minimum absolute atomic E-state index is 0.120. The summed E-state index contributed by atoms with van der Waals surface area (Å²) < 4.78 is 75.0. The zero-order valence-corrected chi connectivity index (χ0v) is 19.7. The number of nitrogens with zero attached hydrogens (tertiary/aromatic N) is 2. The number of rotatable bonds is 7. The molecule has 1 aliphatic heterocycles. The predicted molar refractivity (Wildman–Crippen MR) is 119 cm³/mol. The summed E-state index contributed by atoms with van der Waals surface area (Å²) in [6.07, 6.45) is 2.55. The van der Waals surface area contributed by atoms with E-state index < -0.39 is 39.1 Å². The maximum atomic E-state index is 12.7. The summed E-state index contributed by atoms with van der Waals surface area (Å²) in [5, 5.41) is 0. The number of anilines is 1. The Kier molecular flexibility index (Phi) is 7.88. The van der Waals surface area contributed by atoms with Gasteiger partial charge in [-0.25, -0.2) is 14.6 Å². The molecule has 0 aliphatic carbocycles. The van der Waals surface area contributed by atoms with Crippen LogP contribution in [0.4, 0.5) is 23.7 Å². The summed E-state index contributed by atoms with van der Waals surface area (Å²) in [5.74, 6) is -2.13. The zero-order valence-electron chi connectivity index (χ0n) is 18.9. The highest BCUT2D eigenvalue weighted by Gasteiger charge is 2.49. The summed E-state index contributed by atoms with van der Waals surface area (Å²) >= 11 is 0. The van der Waals surface area contributed by atoms with Crippen molar-refractivity contribution in [3.05, 3.63) is 41.6 Å². The molecule has 1 aromatic carbocycles. The number of hydrogen-bond acceptors (Lipinski definition) is 8. The van der Waals surface area contributed by atoms with E-state index in [1.54, 1.807) is 18.2 Å². The Labute approximate surface area is 199 Å². The van der Waals surface area contributed by atoms with Gasteiger partial charge in [-0.15, -0.1) is 0 Å². The van der Waals surface area contributed by atoms with Crippen LogP contribution in [0.25, 0.3) is 11.3 Å². The first-order chi connectivity index (χ1) is 16.5. The fourth-order valence-corrected chi connectivity index (χ4v) is 3.85. The number of esters is 1. The van der Waals surface area contributed by atoms with Gasteiger partial charge in [0.2, 0.25) is 0 Å². The Morgan fingerprint density at radius 2 is 1.91 bits per heavy atom. The van der Waals surface area contributed by atoms with Crippen LogP contribution < -0.4 is 9.08 Å². The van der Waals surface area contributed by atoms with Gasteiger partial charge in [-0.3, -0.25) is 4.90 Å². The summed E-state index contributed by atoms with van der Waals surface area (Å²) in [7, 11) is -5.08. The highest BCUT2D eigenvalue weighted by Crippen LogP contribution is 2.34. The lowest BCUT2D eigenvalue weighted by Gasteiger charge is -2.29. The maximum Gasteiger partial charge on any atom is 0.534 e. The van der Waals surface area contributed by atoms with E-state index >= 15 is 0 Å². The summed E-state index contributed by atoms with van der Waals surface area (Å²) in [6.45, 7) is 2.69. The smallest absolute Gasteiger partial charge is 0.464 e. The molecule has 0 spiro atoms. The lowest BCUT2D eigenvalue weighted by Crippen LogP contribution is -2.36. The Balaban J connectivity index is 1.99. The van der Waals surface area contributed by atoms with Crippen molar-refractivity contribution < 1.29 is 44.8 Å². The van der Waals surface area contributed by atoms with Gasteiger partial charge >= 0.3 is 27.7 Å². The summed E-state index contributed by atoms with van der Waals surface area (Å²) in [5.41, 5.74) is -4.45. The largest absolute Gasteiger partial charge is 0.534 e. The third kappa shape index (κ3) is 5.84. The number of alkyl halides is 3. The molecule has 1 aliphatic rings. The Bertz CT molecular complexity index is 1220. The van der Waals surface area contributed by atoms with E-state index in [9.17, 15) is 31.2 Å². The van der Waals surface area contributed by atoms with Crippen LogP contribution in [0.1, 0.15) is 42.2 Å². The number of amides is 1. The number of aromatic nitrogens is 1. The first-order valence-electron chi connectivity index (χ1n) is 10.7. The van der Waals surface area contributed by atoms with E-state index in [1.165, 1.54) is 11.0 Å². The molecule has 3 rings (SSSR count). The molecule has 1 aromatic heterocycles. The van der Waals surface area contributed by atoms with Crippen molar-refractivity contribution in [2.24, 2.45) is 0 Å². The van der Waals surface area contributed by atoms with Gasteiger partial charge in [0.15, 0.2) is 11.4 Å². The number of pyridine rings is 1. The molecule has 1 amide bonds. The number of carbonyl (C=O) groups excluding carboxylic acids is 2. The molecule has 0 atom stereocenters. The van der Waals surface area contributed by atoms with Gasteiger partial charge in [-0.1, -0.05) is 25.5 Å². The number of carbonyl (C=O) groups is 2. The third-order valence-corrected chi connectivity index (χ3v) is 6.13. The molecule has 2 aromatic rings. The monoisotopic (exact) mass is 516 g/mol. The molecule has 2 heterocycles. The zero-order chi connectivity index (χ0) is 25.8. The second-order valence-electron chi connectivity index (χ2n) is 7.58. The fourth-order valence-electron chi connectivity index (χ4n) is 3.39. The number of unbranched alkanes of at least 4 members (excludes halogenated alkanes) is 1. The van der Waals surface area contributed by atoms with E-state index in [1.807, 2.05) is 6.92 Å². The van der Waals surface area contributed by atoms with Crippen LogP contribution >= 0.6 is 0 Å². The molecule has 0 unspecified atom stereocenters. The molecule has 0 bridgehead atoms. The Hall–Kier alpha value is -3.35. The lowest BCUT2D eigenvalue weighted by atomic mass is 9.98. The minimum atomic E-state index is -6.04. The predicted octanol–water partition coefficient (Wildman–Crippen LogP) is 4.45. The molecule has 0 saturated heterocycles. The fraction of sp³-hybridized carbons (Fsp3) is 0.409. The Morgan fingerprint density at radius 1 is 1.17 bits per heavy atom. The first-order valence-corrected chi connectivity index (χ1v) is 12.1. The van der Waals surface area contributed by atoms with Crippen molar-refractivity contribution in [2.75, 3.05) is 25.2 Å². The van der Waals surface area contributed by atoms with Gasteiger partial charge in [0, 0.05) is 12.1 Å². The standard InChI is InChI=1S/C22H23F3N2O7S/c1-3-4-12-33-21(29)27-11-5-6-14-7-8-15(13-17(14)27)16-9-10-18(19(26-16)20(28)32-2)34-35(30,31)22(23,24)25/h7-10,13H,3-6,11-12H2,1-2H3. The summed E-state index contributed by atoms with van der Waals surface area (Å²) in [4.78, 5) is 30.2. The molecular formula is C22H23F3N2O7S. The molecule has 0 N–H and O–H groups in total. The van der Waals surface area contributed by atoms with Crippen molar-refractivity contribution in [1.82, 2.24) is 4.98 Å². The van der Waals surface area contributed by atoms with Gasteiger partial charge in [-0.2, -0.15) is 21.6 Å². The molecule has 0 radical (unpaired) electrons. The number of aryl methyl sites for hydroxylation is 1. The van der Waals surface area contributed by atoms with E-state index in [-0.39, 0.29) is 12.3 Å². The normalized spacial score (nSPS) is 13.7. The van der Waals surface area contributed by atoms with Crippen LogP contribution in [-0.2, 0) is 26.0 Å². The number of benzene rings is 1. The van der Waals surface area contributed by atoms with Crippen molar-refractivity contribution >= 4 is 27.9 Å². The van der Waals surface area contributed by atoms with E-state index in [2.05, 4.69) is 13.9 Å². The average molecular weight is 516 g/mol. The molecule has 35 heavy (non-hydrogen) atoms. The maximum absolute atomic E-state index is 12.7. The number of methoxy groups -OCH3 is 1. The second-order valence-corrected chi connectivity index (χ2v) is 9.12. The highest BCUT2D eigenvalue weighted by atomic mass is 32.2. The van der Waals surface area contributed by atoms with Crippen LogP contribution in [0.15, 0.2) is 30.3 Å². The quantitative estimate of drug-likeness (QED) is 0.230. The third-order valence-electron chi connectivity index (χ3n) is 5.16. The number of halogens is 3. The van der Waals surface area contributed by atoms with Crippen molar-refractivity contribution in [2.45, 2.75) is 38.1 Å². The van der Waals surface area contributed by atoms with Gasteiger partial charge in [-0.05, 0) is 43.0 Å². The van der Waals surface area contributed by atoms with Gasteiger partial charge < -0.3 is 13.7 Å². The van der Waals surface area contributed by atoms with Gasteiger partial charge in [0.25, 0.3) is 0 Å². The van der Waals surface area contributed by atoms with E-state index in [0.29, 0.717) is 17.8 Å². The average Bonchev–Trinajstić information content (AvgIpc) is 2.82. The number of ether oxygens (including phenoxy) is 2. The molecule has 13 heteroatoms. The van der Waals surface area contributed by atoms with Crippen LogP contribution in [0.3, 0.4) is 0 Å².